The summed E-state index contributed by atoms with van der Waals surface area (Å²) < 4.78 is 4.74. The number of para-hydroxylation sites is 1. The normalized spacial score (nSPS) is 11.2. The molecule has 18 heavy (non-hydrogen) atoms. The minimum Gasteiger partial charge on any atom is -0.465 e. The molecule has 0 saturated heterocycles. The first-order valence-corrected chi connectivity index (χ1v) is 5.20. The number of nitrogens with zero attached hydrogens (tertiary/aromatic N) is 1. The Balaban J connectivity index is 0.00000289. The molecule has 6 nitrogen and oxygen atoms in total. The second-order valence-corrected chi connectivity index (χ2v) is 3.45. The second kappa shape index (κ2) is 7.62. The Kier molecular flexibility index (Phi) is 6.92. The molecule has 1 atom stereocenters. The Hall–Kier alpha value is -1.66. The number of nitrogens with two attached hydrogens (primary N) is 1. The van der Waals surface area contributed by atoms with E-state index in [1.54, 1.807) is 25.1 Å². The van der Waals surface area contributed by atoms with Gasteiger partial charge in [-0.3, -0.25) is 14.9 Å². The van der Waals surface area contributed by atoms with E-state index < -0.39 is 16.9 Å². The summed E-state index contributed by atoms with van der Waals surface area (Å²) >= 11 is 0. The number of hydrogen-bond acceptors (Lipinski definition) is 5. The lowest BCUT2D eigenvalue weighted by Gasteiger charge is -2.10. The molecule has 1 aromatic rings. The largest absolute Gasteiger partial charge is 0.465 e. The van der Waals surface area contributed by atoms with Crippen LogP contribution in [-0.4, -0.2) is 23.5 Å². The fraction of sp³-hybridized carbons (Fsp3) is 0.364. The number of halogens is 1. The Morgan fingerprint density at radius 1 is 1.50 bits per heavy atom. The SMILES string of the molecule is CCOC(=O)C(N)Cc1ccccc1[N+](=O)[O-].Cl. The molecule has 2 N–H and O–H groups in total. The van der Waals surface area contributed by atoms with Gasteiger partial charge in [-0.05, 0) is 6.92 Å². The van der Waals surface area contributed by atoms with Crippen LogP contribution in [0.25, 0.3) is 0 Å². The molecular weight excluding hydrogens is 260 g/mol. The predicted octanol–water partition coefficient (Wildman–Crippen LogP) is 1.45. The van der Waals surface area contributed by atoms with Crippen LogP contribution in [0.15, 0.2) is 24.3 Å². The molecule has 0 heterocycles. The molecule has 1 aromatic carbocycles. The Labute approximate surface area is 111 Å². The van der Waals surface area contributed by atoms with E-state index in [1.807, 2.05) is 0 Å². The van der Waals surface area contributed by atoms with Gasteiger partial charge < -0.3 is 10.5 Å². The topological polar surface area (TPSA) is 95.5 Å². The highest BCUT2D eigenvalue weighted by Gasteiger charge is 2.20. The Morgan fingerprint density at radius 2 is 2.11 bits per heavy atom. The number of carbonyl (C=O) groups is 1. The minimum absolute atomic E-state index is 0. The maximum absolute atomic E-state index is 11.3. The van der Waals surface area contributed by atoms with E-state index in [1.165, 1.54) is 6.07 Å². The van der Waals surface area contributed by atoms with Gasteiger partial charge in [0.15, 0.2) is 0 Å². The number of nitro groups is 1. The second-order valence-electron chi connectivity index (χ2n) is 3.45. The van der Waals surface area contributed by atoms with Gasteiger partial charge in [0.05, 0.1) is 11.5 Å². The molecule has 0 aliphatic carbocycles. The highest BCUT2D eigenvalue weighted by atomic mass is 35.5. The van der Waals surface area contributed by atoms with Crippen LogP contribution in [0.4, 0.5) is 5.69 Å². The maximum atomic E-state index is 11.3. The summed E-state index contributed by atoms with van der Waals surface area (Å²) in [5, 5.41) is 10.7. The highest BCUT2D eigenvalue weighted by molar-refractivity contribution is 5.85. The van der Waals surface area contributed by atoms with E-state index >= 15 is 0 Å². The van der Waals surface area contributed by atoms with Gasteiger partial charge in [-0.1, -0.05) is 18.2 Å². The quantitative estimate of drug-likeness (QED) is 0.498. The average molecular weight is 275 g/mol. The fourth-order valence-corrected chi connectivity index (χ4v) is 1.43. The zero-order valence-electron chi connectivity index (χ0n) is 9.87. The van der Waals surface area contributed by atoms with Crippen molar-refractivity contribution in [1.29, 1.82) is 0 Å². The standard InChI is InChI=1S/C11H14N2O4.ClH/c1-2-17-11(14)9(12)7-8-5-3-4-6-10(8)13(15)16;/h3-6,9H,2,7,12H2,1H3;1H. The van der Waals surface area contributed by atoms with E-state index in [0.29, 0.717) is 5.56 Å². The number of benzene rings is 1. The van der Waals surface area contributed by atoms with Crippen molar-refractivity contribution in [3.63, 3.8) is 0 Å². The molecule has 100 valence electrons. The van der Waals surface area contributed by atoms with Gasteiger partial charge in [-0.2, -0.15) is 0 Å². The lowest BCUT2D eigenvalue weighted by atomic mass is 10.0. The van der Waals surface area contributed by atoms with Crippen molar-refractivity contribution >= 4 is 24.1 Å². The van der Waals surface area contributed by atoms with Crippen LogP contribution in [0.5, 0.6) is 0 Å². The van der Waals surface area contributed by atoms with Crippen molar-refractivity contribution in [2.45, 2.75) is 19.4 Å². The van der Waals surface area contributed by atoms with Crippen molar-refractivity contribution in [2.24, 2.45) is 5.73 Å². The first-order valence-electron chi connectivity index (χ1n) is 5.20. The molecule has 1 rings (SSSR count). The van der Waals surface area contributed by atoms with Gasteiger partial charge in [-0.25, -0.2) is 0 Å². The highest BCUT2D eigenvalue weighted by Crippen LogP contribution is 2.18. The van der Waals surface area contributed by atoms with E-state index in [2.05, 4.69) is 0 Å². The predicted molar refractivity (Wildman–Crippen MR) is 68.7 cm³/mol. The van der Waals surface area contributed by atoms with Gasteiger partial charge in [0.2, 0.25) is 0 Å². The van der Waals surface area contributed by atoms with Crippen molar-refractivity contribution in [1.82, 2.24) is 0 Å². The lowest BCUT2D eigenvalue weighted by molar-refractivity contribution is -0.385. The van der Waals surface area contributed by atoms with Gasteiger partial charge in [-0.15, -0.1) is 12.4 Å². The summed E-state index contributed by atoms with van der Waals surface area (Å²) in [4.78, 5) is 21.6. The zero-order chi connectivity index (χ0) is 12.8. The van der Waals surface area contributed by atoms with Crippen LogP contribution in [0, 0.1) is 10.1 Å². The van der Waals surface area contributed by atoms with Crippen molar-refractivity contribution in [3.8, 4) is 0 Å². The zero-order valence-corrected chi connectivity index (χ0v) is 10.7. The summed E-state index contributed by atoms with van der Waals surface area (Å²) in [6, 6.07) is 5.32. The lowest BCUT2D eigenvalue weighted by Crippen LogP contribution is -2.34. The van der Waals surface area contributed by atoms with Crippen LogP contribution < -0.4 is 5.73 Å². The first-order chi connectivity index (χ1) is 8.06. The number of ether oxygens (including phenoxy) is 1. The van der Waals surface area contributed by atoms with Gasteiger partial charge >= 0.3 is 5.97 Å². The Bertz CT molecular complexity index is 425. The van der Waals surface area contributed by atoms with Crippen LogP contribution in [0.1, 0.15) is 12.5 Å². The van der Waals surface area contributed by atoms with Gasteiger partial charge in [0, 0.05) is 18.1 Å². The molecular formula is C11H15ClN2O4. The number of hydrogen-bond donors (Lipinski definition) is 1. The molecule has 0 aromatic heterocycles. The fourth-order valence-electron chi connectivity index (χ4n) is 1.43. The number of nitro benzene ring substituents is 1. The molecule has 0 aliphatic heterocycles. The molecule has 0 bridgehead atoms. The molecule has 0 fully saturated rings. The number of carbonyl (C=O) groups excluding carboxylic acids is 1. The van der Waals surface area contributed by atoms with Crippen molar-refractivity contribution in [3.05, 3.63) is 39.9 Å². The molecule has 0 spiro atoms. The number of esters is 1. The van der Waals surface area contributed by atoms with E-state index in [-0.39, 0.29) is 31.1 Å². The summed E-state index contributed by atoms with van der Waals surface area (Å²) in [6.45, 7) is 1.92. The van der Waals surface area contributed by atoms with Crippen LogP contribution in [0.2, 0.25) is 0 Å². The molecule has 0 aliphatic rings. The summed E-state index contributed by atoms with van der Waals surface area (Å²) in [6.07, 6.45) is 0.0932. The summed E-state index contributed by atoms with van der Waals surface area (Å²) in [5.41, 5.74) is 6.00. The smallest absolute Gasteiger partial charge is 0.323 e. The number of rotatable bonds is 5. The van der Waals surface area contributed by atoms with Gasteiger partial charge in [0.25, 0.3) is 5.69 Å². The third-order valence-corrected chi connectivity index (χ3v) is 2.22. The Morgan fingerprint density at radius 3 is 2.67 bits per heavy atom. The maximum Gasteiger partial charge on any atom is 0.323 e. The van der Waals surface area contributed by atoms with E-state index in [0.717, 1.165) is 0 Å². The van der Waals surface area contributed by atoms with E-state index in [4.69, 9.17) is 10.5 Å². The van der Waals surface area contributed by atoms with Crippen LogP contribution >= 0.6 is 12.4 Å². The van der Waals surface area contributed by atoms with Crippen LogP contribution in [-0.2, 0) is 16.0 Å². The minimum atomic E-state index is -0.879. The van der Waals surface area contributed by atoms with Gasteiger partial charge in [0.1, 0.15) is 6.04 Å². The third-order valence-electron chi connectivity index (χ3n) is 2.22. The average Bonchev–Trinajstić information content (AvgIpc) is 2.29. The third kappa shape index (κ3) is 4.31. The van der Waals surface area contributed by atoms with Crippen LogP contribution in [0.3, 0.4) is 0 Å². The molecule has 0 amide bonds. The monoisotopic (exact) mass is 274 g/mol. The van der Waals surface area contributed by atoms with Crippen molar-refractivity contribution < 1.29 is 14.5 Å². The molecule has 0 saturated carbocycles. The first kappa shape index (κ1) is 16.3. The van der Waals surface area contributed by atoms with E-state index in [9.17, 15) is 14.9 Å². The summed E-state index contributed by atoms with van der Waals surface area (Å²) in [5.74, 6) is -0.550. The van der Waals surface area contributed by atoms with Crippen molar-refractivity contribution in [2.75, 3.05) is 6.61 Å². The molecule has 1 unspecified atom stereocenters. The molecule has 7 heteroatoms. The molecule has 0 radical (unpaired) electrons. The summed E-state index contributed by atoms with van der Waals surface area (Å²) in [7, 11) is 0.